The van der Waals surface area contributed by atoms with Gasteiger partial charge in [0, 0.05) is 5.25 Å². The van der Waals surface area contributed by atoms with Gasteiger partial charge in [-0.1, -0.05) is 41.5 Å². The maximum absolute atomic E-state index is 4.76. The molecule has 0 radical (unpaired) electrons. The van der Waals surface area contributed by atoms with Crippen molar-refractivity contribution in [3.63, 3.8) is 0 Å². The number of hydrogen-bond donors (Lipinski definition) is 1. The highest BCUT2D eigenvalue weighted by molar-refractivity contribution is 7.81. The first-order chi connectivity index (χ1) is 6.88. The molecule has 3 unspecified atom stereocenters. The Morgan fingerprint density at radius 1 is 0.867 bits per heavy atom. The fourth-order valence-electron chi connectivity index (χ4n) is 2.53. The van der Waals surface area contributed by atoms with Crippen LogP contribution in [0.5, 0.6) is 0 Å². The lowest BCUT2D eigenvalue weighted by atomic mass is 9.79. The summed E-state index contributed by atoms with van der Waals surface area (Å²) in [6, 6.07) is 0. The van der Waals surface area contributed by atoms with E-state index in [1.54, 1.807) is 0 Å². The molecule has 0 aromatic heterocycles. The van der Waals surface area contributed by atoms with Gasteiger partial charge >= 0.3 is 0 Å². The molecule has 0 amide bonds. The molecule has 0 heterocycles. The van der Waals surface area contributed by atoms with Crippen LogP contribution in [0.15, 0.2) is 0 Å². The molecule has 0 aliphatic heterocycles. The molecule has 0 aromatic carbocycles. The highest BCUT2D eigenvalue weighted by Crippen LogP contribution is 2.32. The van der Waals surface area contributed by atoms with E-state index in [1.165, 1.54) is 19.3 Å². The van der Waals surface area contributed by atoms with Gasteiger partial charge in [0.1, 0.15) is 0 Å². The fourth-order valence-corrected chi connectivity index (χ4v) is 2.95. The van der Waals surface area contributed by atoms with E-state index in [-0.39, 0.29) is 0 Å². The van der Waals surface area contributed by atoms with Crippen molar-refractivity contribution in [2.75, 3.05) is 0 Å². The van der Waals surface area contributed by atoms with Gasteiger partial charge in [0.05, 0.1) is 0 Å². The average Bonchev–Trinajstić information content (AvgIpc) is 2.11. The summed E-state index contributed by atoms with van der Waals surface area (Å²) in [6.45, 7) is 14.0. The molecule has 92 valence electrons. The normalized spacial score (nSPS) is 18.2. The third kappa shape index (κ3) is 6.50. The Balaban J connectivity index is 4.33. The zero-order chi connectivity index (χ0) is 12.0. The van der Waals surface area contributed by atoms with E-state index in [4.69, 9.17) is 12.6 Å². The van der Waals surface area contributed by atoms with Gasteiger partial charge < -0.3 is 0 Å². The van der Waals surface area contributed by atoms with E-state index in [2.05, 4.69) is 41.5 Å². The smallest absolute Gasteiger partial charge is 0.00451 e. The highest BCUT2D eigenvalue weighted by atomic mass is 32.1. The lowest BCUT2D eigenvalue weighted by Crippen LogP contribution is -2.25. The summed E-state index contributed by atoms with van der Waals surface area (Å²) in [7, 11) is 0. The SMILES string of the molecule is CCC(S)C(CC(C)C)C(C)CC(C)C. The second kappa shape index (κ2) is 7.60. The van der Waals surface area contributed by atoms with Crippen molar-refractivity contribution < 1.29 is 0 Å². The van der Waals surface area contributed by atoms with Gasteiger partial charge in [0.15, 0.2) is 0 Å². The molecule has 0 saturated carbocycles. The fraction of sp³-hybridized carbons (Fsp3) is 1.00. The minimum Gasteiger partial charge on any atom is -0.176 e. The van der Waals surface area contributed by atoms with Crippen LogP contribution in [0.3, 0.4) is 0 Å². The molecular formula is C14H30S. The first-order valence-corrected chi connectivity index (χ1v) is 7.08. The molecule has 0 aliphatic carbocycles. The van der Waals surface area contributed by atoms with E-state index in [0.717, 1.165) is 23.7 Å². The predicted octanol–water partition coefficient (Wildman–Crippen LogP) is 5.04. The minimum absolute atomic E-state index is 0.584. The van der Waals surface area contributed by atoms with Crippen LogP contribution in [0.4, 0.5) is 0 Å². The van der Waals surface area contributed by atoms with Crippen molar-refractivity contribution in [1.29, 1.82) is 0 Å². The quantitative estimate of drug-likeness (QED) is 0.582. The third-order valence-electron chi connectivity index (χ3n) is 3.23. The minimum atomic E-state index is 0.584. The average molecular weight is 230 g/mol. The van der Waals surface area contributed by atoms with Crippen LogP contribution in [-0.4, -0.2) is 5.25 Å². The van der Waals surface area contributed by atoms with Crippen molar-refractivity contribution in [2.45, 2.75) is 66.1 Å². The lowest BCUT2D eigenvalue weighted by molar-refractivity contribution is 0.254. The van der Waals surface area contributed by atoms with Crippen LogP contribution in [0, 0.1) is 23.7 Å². The van der Waals surface area contributed by atoms with Crippen LogP contribution in [-0.2, 0) is 0 Å². The first kappa shape index (κ1) is 15.3. The molecule has 1 heteroatoms. The van der Waals surface area contributed by atoms with Crippen molar-refractivity contribution >= 4 is 12.6 Å². The van der Waals surface area contributed by atoms with E-state index in [0.29, 0.717) is 5.25 Å². The monoisotopic (exact) mass is 230 g/mol. The van der Waals surface area contributed by atoms with E-state index in [1.807, 2.05) is 0 Å². The van der Waals surface area contributed by atoms with Crippen LogP contribution < -0.4 is 0 Å². The van der Waals surface area contributed by atoms with Crippen molar-refractivity contribution in [3.05, 3.63) is 0 Å². The topological polar surface area (TPSA) is 0 Å². The molecule has 0 fully saturated rings. The summed E-state index contributed by atoms with van der Waals surface area (Å²) in [6.07, 6.45) is 3.87. The molecule has 3 atom stereocenters. The Bertz CT molecular complexity index is 151. The zero-order valence-electron chi connectivity index (χ0n) is 11.5. The maximum atomic E-state index is 4.76. The summed E-state index contributed by atoms with van der Waals surface area (Å²) in [4.78, 5) is 0. The molecule has 0 spiro atoms. The lowest BCUT2D eigenvalue weighted by Gasteiger charge is -2.31. The van der Waals surface area contributed by atoms with E-state index >= 15 is 0 Å². The van der Waals surface area contributed by atoms with Crippen molar-refractivity contribution in [1.82, 2.24) is 0 Å². The molecule has 15 heavy (non-hydrogen) atoms. The van der Waals surface area contributed by atoms with E-state index in [9.17, 15) is 0 Å². The highest BCUT2D eigenvalue weighted by Gasteiger charge is 2.24. The van der Waals surface area contributed by atoms with Crippen molar-refractivity contribution in [2.24, 2.45) is 23.7 Å². The van der Waals surface area contributed by atoms with Gasteiger partial charge in [-0.2, -0.15) is 12.6 Å². The summed E-state index contributed by atoms with van der Waals surface area (Å²) >= 11 is 4.76. The van der Waals surface area contributed by atoms with Gasteiger partial charge in [0.2, 0.25) is 0 Å². The van der Waals surface area contributed by atoms with Gasteiger partial charge in [-0.05, 0) is 42.9 Å². The molecule has 0 N–H and O–H groups in total. The number of hydrogen-bond acceptors (Lipinski definition) is 1. The number of thiol groups is 1. The van der Waals surface area contributed by atoms with Gasteiger partial charge in [-0.3, -0.25) is 0 Å². The standard InChI is InChI=1S/C14H30S/c1-7-14(15)13(9-11(4)5)12(6)8-10(2)3/h10-15H,7-9H2,1-6H3. The Morgan fingerprint density at radius 3 is 1.67 bits per heavy atom. The summed E-state index contributed by atoms with van der Waals surface area (Å²) < 4.78 is 0. The molecule has 0 aromatic rings. The van der Waals surface area contributed by atoms with Crippen LogP contribution in [0.1, 0.15) is 60.8 Å². The maximum Gasteiger partial charge on any atom is 0.00451 e. The second-order valence-corrected chi connectivity index (χ2v) is 6.54. The molecule has 0 saturated heterocycles. The Morgan fingerprint density at radius 2 is 1.33 bits per heavy atom. The van der Waals surface area contributed by atoms with E-state index < -0.39 is 0 Å². The Hall–Kier alpha value is 0.350. The third-order valence-corrected chi connectivity index (χ3v) is 3.98. The Labute approximate surface area is 103 Å². The van der Waals surface area contributed by atoms with Gasteiger partial charge in [-0.15, -0.1) is 0 Å². The molecule has 0 nitrogen and oxygen atoms in total. The number of rotatable bonds is 7. The second-order valence-electron chi connectivity index (χ2n) is 5.88. The molecule has 0 aliphatic rings. The predicted molar refractivity (Wildman–Crippen MR) is 74.6 cm³/mol. The van der Waals surface area contributed by atoms with Gasteiger partial charge in [0.25, 0.3) is 0 Å². The van der Waals surface area contributed by atoms with Crippen LogP contribution >= 0.6 is 12.6 Å². The summed E-state index contributed by atoms with van der Waals surface area (Å²) in [5, 5.41) is 0.584. The molecule has 0 rings (SSSR count). The summed E-state index contributed by atoms with van der Waals surface area (Å²) in [5.41, 5.74) is 0. The van der Waals surface area contributed by atoms with Crippen molar-refractivity contribution in [3.8, 4) is 0 Å². The van der Waals surface area contributed by atoms with Gasteiger partial charge in [-0.25, -0.2) is 0 Å². The summed E-state index contributed by atoms with van der Waals surface area (Å²) in [5.74, 6) is 3.22. The largest absolute Gasteiger partial charge is 0.176 e. The first-order valence-electron chi connectivity index (χ1n) is 6.56. The van der Waals surface area contributed by atoms with Crippen LogP contribution in [0.2, 0.25) is 0 Å². The molecular weight excluding hydrogens is 200 g/mol. The Kier molecular flexibility index (Phi) is 7.77. The van der Waals surface area contributed by atoms with Crippen LogP contribution in [0.25, 0.3) is 0 Å². The molecule has 0 bridgehead atoms. The zero-order valence-corrected chi connectivity index (χ0v) is 12.3.